The number of fused-ring (bicyclic) bond motifs is 7. The third-order valence-corrected chi connectivity index (χ3v) is 29.0. The molecule has 3 fully saturated rings. The number of aldehydes is 1. The minimum Gasteiger partial charge on any atom is 1.00 e. The summed E-state index contributed by atoms with van der Waals surface area (Å²) in [6.07, 6.45) is 3.26. The van der Waals surface area contributed by atoms with Crippen LogP contribution < -0.4 is 62.3 Å². The average molecular weight is 2190 g/mol. The number of alkyl halides is 9. The number of hydrogen-bond donors (Lipinski definition) is 7. The van der Waals surface area contributed by atoms with Crippen LogP contribution in [0.1, 0.15) is 184 Å². The number of thiophene rings is 3. The van der Waals surface area contributed by atoms with E-state index in [4.69, 9.17) is 11.5 Å². The van der Waals surface area contributed by atoms with Gasteiger partial charge < -0.3 is 45.4 Å². The Bertz CT molecular complexity index is 6310. The third kappa shape index (κ3) is 35.8. The van der Waals surface area contributed by atoms with Crippen molar-refractivity contribution in [3.05, 3.63) is 245 Å². The Labute approximate surface area is 889 Å². The molecule has 3 saturated heterocycles. The number of halogens is 11. The SMILES string of the molecule is CC(=O)OOC(C)=O.Cc1c(Br)ccc2c1C=NC2.Cc1c(C=O)ccc2c1C=NC2.Cc1c(CN2CCC(Nc3ncnc4sc(CC(F)(F)F)cc34)CC2)ccc2c1C=NC2.Cc1c(CN2CCC(Nc3ncnc4sc(CC(F)(F)F)cc34)CC2)ccc2c1C=NC2.Cc1c(N)ccc(Br)c1C.Cc1cccc(N)c1C.FC(F)(F)Cc1cc2c(NC3CCNCC3)ncnc2s1.[B-]OC(C)=O.[B]=NS.[Na+]. The van der Waals surface area contributed by atoms with Crippen molar-refractivity contribution >= 4 is 203 Å². The molecule has 7 aliphatic heterocycles. The van der Waals surface area contributed by atoms with Crippen LogP contribution in [0.2, 0.25) is 0 Å². The minimum absolute atomic E-state index is 0. The topological polar surface area (TPSA) is 342 Å². The van der Waals surface area contributed by atoms with Gasteiger partial charge in [-0.3, -0.25) is 39.4 Å². The third-order valence-electron chi connectivity index (χ3n) is 24.1. The number of hydrogen-bond acceptors (Lipinski definition) is 30. The molecule has 12 aromatic rings. The number of rotatable bonds is 14. The van der Waals surface area contributed by atoms with Crippen molar-refractivity contribution in [3.8, 4) is 0 Å². The number of anilines is 5. The van der Waals surface area contributed by atoms with Crippen LogP contribution >= 0.6 is 78.7 Å². The van der Waals surface area contributed by atoms with E-state index in [1.54, 1.807) is 18.2 Å². The summed E-state index contributed by atoms with van der Waals surface area (Å²) in [6.45, 7) is 30.8. The fourth-order valence-corrected chi connectivity index (χ4v) is 19.9. The van der Waals surface area contributed by atoms with Gasteiger partial charge in [-0.25, -0.2) is 49.3 Å². The standard InChI is InChI=1S/2C23H24F3N5S.C13H15F3N4S.C10H9NO.C9H8BrN.C8H10BrN.C8H11N.C4H6O4.C2H3BO2.BHNS.Na/c2*1-14-16(3-2-15-10-27-11-20(14)15)12-31-6-4-17(5-7-31)30-21-19-8-18(9-23(24,25)26)32-22(19)29-13-28-21;14-13(15,16)6-9-5-10-11(18-7-19-12(10)21-9)20-8-1-3-17-4-2-8;1-7-9(6-12)3-2-8-4-11-5-10(7)8;1-6-8-5-11-4-7(8)2-3-9(6)10;1-5-6(2)8(10)4-3-7(5)9;1-6-4-3-5-8(9)7(6)2;1-3(5)7-8-4(2)6;1-2(4)5-3;1-2-3;/h2*2-3,8,11,13,17H,4-7,9-10,12H2,1H3,(H,28,29,30);5,7-8,17H,1-4,6H2,(H,18,19,20);2-3,5-6H,4H2,1H3;2-3,5H,4H2,1H3;3-4H,10H2,1-2H3;3-5H,9H2,1-2H3;1-2H3;1H3;3H;/q;;;;;;;;-1;;+1. The van der Waals surface area contributed by atoms with Crippen LogP contribution in [0.5, 0.6) is 0 Å². The number of carbonyl (C=O) groups is 4. The Morgan fingerprint density at radius 2 is 0.819 bits per heavy atom. The minimum atomic E-state index is -4.22. The Hall–Kier alpha value is -10.3. The van der Waals surface area contributed by atoms with E-state index in [-0.39, 0.29) is 56.3 Å². The van der Waals surface area contributed by atoms with Gasteiger partial charge >= 0.3 is 84.8 Å². The van der Waals surface area contributed by atoms with Gasteiger partial charge in [0, 0.05) is 166 Å². The maximum absolute atomic E-state index is 12.8. The summed E-state index contributed by atoms with van der Waals surface area (Å²) in [4.78, 5) is 97.2. The number of piperidine rings is 3. The van der Waals surface area contributed by atoms with Crippen molar-refractivity contribution in [1.29, 1.82) is 0 Å². The van der Waals surface area contributed by atoms with Crippen LogP contribution in [0.25, 0.3) is 30.6 Å². The van der Waals surface area contributed by atoms with Crippen molar-refractivity contribution < 1.29 is 103 Å². The summed E-state index contributed by atoms with van der Waals surface area (Å²) in [5.74, 6) is 0.153. The smallest absolute Gasteiger partial charge is 1.00 e. The number of likely N-dealkylation sites (tertiary alicyclic amines) is 2. The van der Waals surface area contributed by atoms with Crippen molar-refractivity contribution in [2.24, 2.45) is 24.3 Å². The number of nitrogen functional groups attached to an aromatic ring is 2. The average Bonchev–Trinajstić information content (AvgIpc) is 1.68. The van der Waals surface area contributed by atoms with Gasteiger partial charge in [0.1, 0.15) is 57.2 Å². The Morgan fingerprint density at radius 1 is 0.486 bits per heavy atom. The molecule has 0 unspecified atom stereocenters. The molecule has 6 aromatic carbocycles. The first kappa shape index (κ1) is 117. The van der Waals surface area contributed by atoms with E-state index < -0.39 is 55.7 Å². The molecule has 0 saturated carbocycles. The summed E-state index contributed by atoms with van der Waals surface area (Å²) < 4.78 is 123. The molecular formula is C100H111B2Br2F9N19NaO7S4. The van der Waals surface area contributed by atoms with Gasteiger partial charge in [0.2, 0.25) is 5.97 Å². The maximum Gasteiger partial charge on any atom is 1.00 e. The molecule has 0 atom stereocenters. The summed E-state index contributed by atoms with van der Waals surface area (Å²) in [6, 6.07) is 32.2. The van der Waals surface area contributed by atoms with E-state index in [0.29, 0.717) is 54.1 Å². The summed E-state index contributed by atoms with van der Waals surface area (Å²) in [5.41, 5.74) is 36.4. The number of carbonyl (C=O) groups excluding carboxylic acids is 4. The van der Waals surface area contributed by atoms with Crippen molar-refractivity contribution in [2.45, 2.75) is 210 Å². The van der Waals surface area contributed by atoms with E-state index in [9.17, 15) is 58.7 Å². The number of nitrogens with zero attached hydrogens (tertiary/aromatic N) is 13. The number of aliphatic imine (C=N–C) groups is 4. The van der Waals surface area contributed by atoms with E-state index in [2.05, 4.69) is 237 Å². The summed E-state index contributed by atoms with van der Waals surface area (Å²) >= 11 is 13.3. The number of aryl methyl sites for hydroxylation is 1. The van der Waals surface area contributed by atoms with Gasteiger partial charge in [-0.05, 0) is 227 Å². The number of benzene rings is 6. The Balaban J connectivity index is 0.000000191. The van der Waals surface area contributed by atoms with Gasteiger partial charge in [-0.1, -0.05) is 86.5 Å². The second-order valence-corrected chi connectivity index (χ2v) is 39.7. The number of aromatic nitrogens is 6. The molecule has 0 aliphatic carbocycles. The molecule has 13 heterocycles. The number of nitrogens with two attached hydrogens (primary N) is 2. The van der Waals surface area contributed by atoms with Crippen LogP contribution in [0.4, 0.5) is 68.3 Å². The Kier molecular flexibility index (Phi) is 45.6. The first-order valence-electron chi connectivity index (χ1n) is 45.5. The van der Waals surface area contributed by atoms with E-state index in [0.717, 1.165) is 209 Å². The molecule has 0 bridgehead atoms. The van der Waals surface area contributed by atoms with Crippen LogP contribution in [-0.2, 0) is 87.3 Å². The van der Waals surface area contributed by atoms with Crippen molar-refractivity contribution in [2.75, 3.05) is 66.7 Å². The first-order chi connectivity index (χ1) is 68.0. The zero-order valence-corrected chi connectivity index (χ0v) is 90.3. The van der Waals surface area contributed by atoms with E-state index in [1.165, 1.54) is 114 Å². The predicted octanol–water partition coefficient (Wildman–Crippen LogP) is 19.0. The maximum atomic E-state index is 12.8. The molecule has 6 aromatic heterocycles. The normalized spacial score (nSPS) is 14.4. The molecule has 144 heavy (non-hydrogen) atoms. The van der Waals surface area contributed by atoms with Crippen LogP contribution in [0.15, 0.2) is 149 Å². The predicted molar refractivity (Wildman–Crippen MR) is 564 cm³/mol. The largest absolute Gasteiger partial charge is 1.00 e. The fourth-order valence-electron chi connectivity index (χ4n) is 16.0. The van der Waals surface area contributed by atoms with Gasteiger partial charge in [-0.2, -0.15) is 39.5 Å². The van der Waals surface area contributed by atoms with Crippen molar-refractivity contribution in [3.63, 3.8) is 0 Å². The van der Waals surface area contributed by atoms with Crippen LogP contribution in [0, 0.1) is 55.4 Å². The molecule has 0 spiro atoms. The Morgan fingerprint density at radius 3 is 1.16 bits per heavy atom. The van der Waals surface area contributed by atoms with Gasteiger partial charge in [0.05, 0.1) is 61.6 Å². The zero-order valence-electron chi connectivity index (χ0n) is 81.7. The molecule has 7 aliphatic rings. The number of thiol groups is 1. The second kappa shape index (κ2) is 56.0. The molecule has 26 nitrogen and oxygen atoms in total. The van der Waals surface area contributed by atoms with E-state index in [1.807, 2.05) is 82.0 Å². The van der Waals surface area contributed by atoms with Gasteiger partial charge in [0.15, 0.2) is 0 Å². The van der Waals surface area contributed by atoms with Gasteiger partial charge in [-0.15, -0.1) is 34.0 Å². The van der Waals surface area contributed by atoms with Crippen LogP contribution in [-0.4, -0.2) is 180 Å². The number of nitrogens with one attached hydrogen (secondary N) is 4. The zero-order chi connectivity index (χ0) is 104. The van der Waals surface area contributed by atoms with Crippen molar-refractivity contribution in [1.82, 2.24) is 45.0 Å². The second-order valence-electron chi connectivity index (χ2n) is 34.4. The first-order valence-corrected chi connectivity index (χ1v) is 50.0. The molecule has 4 radical (unpaired) electrons. The molecule has 756 valence electrons. The summed E-state index contributed by atoms with van der Waals surface area (Å²) in [5, 5.41) is 15.6. The van der Waals surface area contributed by atoms with Gasteiger partial charge in [0.25, 0.3) is 0 Å². The molecule has 8 N–H and O–H groups in total. The quantitative estimate of drug-likeness (QED) is 0.0101. The molecule has 19 rings (SSSR count). The molecular weight excluding hydrogens is 2080 g/mol. The van der Waals surface area contributed by atoms with Crippen LogP contribution in [0.3, 0.4) is 0 Å². The molecule has 0 amide bonds. The fraction of sp³-hybridized carbons (Fsp3) is 0.380. The van der Waals surface area contributed by atoms with E-state index >= 15 is 0 Å². The molecule has 44 heteroatoms. The monoisotopic (exact) mass is 2190 g/mol. The summed E-state index contributed by atoms with van der Waals surface area (Å²) in [7, 11) is 8.66.